The average Bonchev–Trinajstić information content (AvgIpc) is 2.23. The molecule has 2 rings (SSSR count). The quantitative estimate of drug-likeness (QED) is 0.687. The Labute approximate surface area is 89.9 Å². The average molecular weight is 207 g/mol. The third-order valence-corrected chi connectivity index (χ3v) is 3.15. The molecule has 0 aliphatic carbocycles. The van der Waals surface area contributed by atoms with Crippen LogP contribution in [0, 0.1) is 6.92 Å². The van der Waals surface area contributed by atoms with Crippen LogP contribution in [0.4, 0.5) is 5.69 Å². The molecule has 3 heteroatoms. The summed E-state index contributed by atoms with van der Waals surface area (Å²) >= 11 is 0. The van der Waals surface area contributed by atoms with Crippen molar-refractivity contribution in [2.24, 2.45) is 0 Å². The van der Waals surface area contributed by atoms with Crippen LogP contribution in [0.5, 0.6) is 0 Å². The maximum atomic E-state index is 10.5. The molecule has 1 aliphatic rings. The fourth-order valence-electron chi connectivity index (χ4n) is 2.06. The van der Waals surface area contributed by atoms with E-state index in [9.17, 15) is 5.11 Å². The van der Waals surface area contributed by atoms with E-state index in [4.69, 9.17) is 10.5 Å². The van der Waals surface area contributed by atoms with Gasteiger partial charge in [0.1, 0.15) is 0 Å². The second-order valence-electron chi connectivity index (χ2n) is 4.18. The third kappa shape index (κ3) is 1.85. The molecule has 0 amide bonds. The van der Waals surface area contributed by atoms with Crippen molar-refractivity contribution in [3.8, 4) is 0 Å². The lowest BCUT2D eigenvalue weighted by Crippen LogP contribution is -2.34. The van der Waals surface area contributed by atoms with Gasteiger partial charge >= 0.3 is 0 Å². The Hall–Kier alpha value is -1.06. The Bertz CT molecular complexity index is 357. The zero-order chi connectivity index (χ0) is 10.9. The van der Waals surface area contributed by atoms with E-state index in [1.807, 2.05) is 25.1 Å². The van der Waals surface area contributed by atoms with Gasteiger partial charge in [-0.15, -0.1) is 0 Å². The molecule has 15 heavy (non-hydrogen) atoms. The zero-order valence-corrected chi connectivity index (χ0v) is 8.99. The SMILES string of the molecule is Cc1cccc(C2(O)CCOCC2)c1N. The number of para-hydroxylation sites is 1. The molecule has 1 aromatic carbocycles. The topological polar surface area (TPSA) is 55.5 Å². The van der Waals surface area contributed by atoms with Crippen molar-refractivity contribution in [2.45, 2.75) is 25.4 Å². The van der Waals surface area contributed by atoms with Crippen molar-refractivity contribution in [1.82, 2.24) is 0 Å². The lowest BCUT2D eigenvalue weighted by molar-refractivity contribution is -0.0674. The first kappa shape index (κ1) is 10.5. The van der Waals surface area contributed by atoms with Crippen molar-refractivity contribution >= 4 is 5.69 Å². The molecule has 0 unspecified atom stereocenters. The molecule has 1 fully saturated rings. The highest BCUT2D eigenvalue weighted by Crippen LogP contribution is 2.36. The summed E-state index contributed by atoms with van der Waals surface area (Å²) in [5, 5.41) is 10.5. The number of rotatable bonds is 1. The Kier molecular flexibility index (Phi) is 2.67. The van der Waals surface area contributed by atoms with Gasteiger partial charge in [-0.3, -0.25) is 0 Å². The maximum absolute atomic E-state index is 10.5. The first-order valence-corrected chi connectivity index (χ1v) is 5.29. The highest BCUT2D eigenvalue weighted by molar-refractivity contribution is 5.55. The monoisotopic (exact) mass is 207 g/mol. The number of aryl methyl sites for hydroxylation is 1. The van der Waals surface area contributed by atoms with E-state index < -0.39 is 5.60 Å². The van der Waals surface area contributed by atoms with Crippen LogP contribution in [-0.2, 0) is 10.3 Å². The molecule has 1 aliphatic heterocycles. The van der Waals surface area contributed by atoms with Crippen molar-refractivity contribution in [3.05, 3.63) is 29.3 Å². The molecule has 1 saturated heterocycles. The maximum Gasteiger partial charge on any atom is 0.0960 e. The number of nitrogens with two attached hydrogens (primary N) is 1. The molecular weight excluding hydrogens is 190 g/mol. The number of anilines is 1. The van der Waals surface area contributed by atoms with Crippen LogP contribution >= 0.6 is 0 Å². The van der Waals surface area contributed by atoms with Gasteiger partial charge in [0.2, 0.25) is 0 Å². The van der Waals surface area contributed by atoms with Crippen LogP contribution in [-0.4, -0.2) is 18.3 Å². The van der Waals surface area contributed by atoms with E-state index in [0.717, 1.165) is 11.1 Å². The number of hydrogen-bond acceptors (Lipinski definition) is 3. The van der Waals surface area contributed by atoms with Gasteiger partial charge in [0, 0.05) is 37.3 Å². The lowest BCUT2D eigenvalue weighted by Gasteiger charge is -2.33. The van der Waals surface area contributed by atoms with Gasteiger partial charge in [-0.1, -0.05) is 18.2 Å². The van der Waals surface area contributed by atoms with Gasteiger partial charge in [-0.2, -0.15) is 0 Å². The molecule has 1 heterocycles. The van der Waals surface area contributed by atoms with Gasteiger partial charge in [-0.25, -0.2) is 0 Å². The number of benzene rings is 1. The summed E-state index contributed by atoms with van der Waals surface area (Å²) in [6.07, 6.45) is 1.25. The Balaban J connectivity index is 2.39. The van der Waals surface area contributed by atoms with Crippen molar-refractivity contribution in [3.63, 3.8) is 0 Å². The standard InChI is InChI=1S/C12H17NO2/c1-9-3-2-4-10(11(9)13)12(14)5-7-15-8-6-12/h2-4,14H,5-8,13H2,1H3. The molecule has 0 aromatic heterocycles. The first-order chi connectivity index (χ1) is 7.13. The van der Waals surface area contributed by atoms with Crippen LogP contribution in [0.25, 0.3) is 0 Å². The van der Waals surface area contributed by atoms with E-state index >= 15 is 0 Å². The summed E-state index contributed by atoms with van der Waals surface area (Å²) in [5.41, 5.74) is 7.78. The highest BCUT2D eigenvalue weighted by Gasteiger charge is 2.33. The summed E-state index contributed by atoms with van der Waals surface area (Å²) in [6.45, 7) is 3.16. The molecule has 3 nitrogen and oxygen atoms in total. The van der Waals surface area contributed by atoms with Crippen molar-refractivity contribution < 1.29 is 9.84 Å². The molecule has 82 valence electrons. The van der Waals surface area contributed by atoms with Crippen LogP contribution < -0.4 is 5.73 Å². The molecular formula is C12H17NO2. The van der Waals surface area contributed by atoms with Crippen LogP contribution in [0.15, 0.2) is 18.2 Å². The fourth-order valence-corrected chi connectivity index (χ4v) is 2.06. The summed E-state index contributed by atoms with van der Waals surface area (Å²) in [5.74, 6) is 0. The predicted molar refractivity (Wildman–Crippen MR) is 59.5 cm³/mol. The summed E-state index contributed by atoms with van der Waals surface area (Å²) in [4.78, 5) is 0. The first-order valence-electron chi connectivity index (χ1n) is 5.29. The van der Waals surface area contributed by atoms with Gasteiger partial charge < -0.3 is 15.6 Å². The molecule has 3 N–H and O–H groups in total. The minimum Gasteiger partial charge on any atom is -0.398 e. The molecule has 0 atom stereocenters. The van der Waals surface area contributed by atoms with Gasteiger partial charge in [0.25, 0.3) is 0 Å². The Morgan fingerprint density at radius 3 is 2.67 bits per heavy atom. The van der Waals surface area contributed by atoms with E-state index in [2.05, 4.69) is 0 Å². The number of aliphatic hydroxyl groups is 1. The summed E-state index contributed by atoms with van der Waals surface area (Å²) < 4.78 is 5.26. The van der Waals surface area contributed by atoms with Crippen molar-refractivity contribution in [2.75, 3.05) is 18.9 Å². The molecule has 1 aromatic rings. The van der Waals surface area contributed by atoms with Gasteiger partial charge in [0.15, 0.2) is 0 Å². The zero-order valence-electron chi connectivity index (χ0n) is 8.99. The minimum atomic E-state index is -0.797. The summed E-state index contributed by atoms with van der Waals surface area (Å²) in [7, 11) is 0. The Morgan fingerprint density at radius 1 is 1.33 bits per heavy atom. The largest absolute Gasteiger partial charge is 0.398 e. The smallest absolute Gasteiger partial charge is 0.0960 e. The normalized spacial score (nSPS) is 20.1. The fraction of sp³-hybridized carbons (Fsp3) is 0.500. The number of ether oxygens (including phenoxy) is 1. The number of nitrogen functional groups attached to an aromatic ring is 1. The van der Waals surface area contributed by atoms with Gasteiger partial charge in [0.05, 0.1) is 5.60 Å². The van der Waals surface area contributed by atoms with Crippen LogP contribution in [0.3, 0.4) is 0 Å². The van der Waals surface area contributed by atoms with E-state index in [0.29, 0.717) is 31.7 Å². The lowest BCUT2D eigenvalue weighted by atomic mass is 9.84. The molecule has 0 saturated carbocycles. The minimum absolute atomic E-state index is 0.601. The van der Waals surface area contributed by atoms with Crippen LogP contribution in [0.2, 0.25) is 0 Å². The summed E-state index contributed by atoms with van der Waals surface area (Å²) in [6, 6.07) is 5.81. The second kappa shape index (κ2) is 3.83. The third-order valence-electron chi connectivity index (χ3n) is 3.15. The van der Waals surface area contributed by atoms with Crippen LogP contribution in [0.1, 0.15) is 24.0 Å². The van der Waals surface area contributed by atoms with E-state index in [1.54, 1.807) is 0 Å². The highest BCUT2D eigenvalue weighted by atomic mass is 16.5. The second-order valence-corrected chi connectivity index (χ2v) is 4.18. The predicted octanol–water partition coefficient (Wildman–Crippen LogP) is 1.58. The van der Waals surface area contributed by atoms with Gasteiger partial charge in [-0.05, 0) is 12.5 Å². The van der Waals surface area contributed by atoms with Crippen molar-refractivity contribution in [1.29, 1.82) is 0 Å². The Morgan fingerprint density at radius 2 is 2.00 bits per heavy atom. The van der Waals surface area contributed by atoms with E-state index in [1.165, 1.54) is 0 Å². The molecule has 0 bridgehead atoms. The van der Waals surface area contributed by atoms with E-state index in [-0.39, 0.29) is 0 Å². The molecule has 0 radical (unpaired) electrons. The number of hydrogen-bond donors (Lipinski definition) is 2. The molecule has 0 spiro atoms.